The second-order valence-corrected chi connectivity index (χ2v) is 5.89. The van der Waals surface area contributed by atoms with Gasteiger partial charge in [0.1, 0.15) is 0 Å². The van der Waals surface area contributed by atoms with Crippen molar-refractivity contribution < 1.29 is 17.8 Å². The van der Waals surface area contributed by atoms with E-state index < -0.39 is 18.1 Å². The van der Waals surface area contributed by atoms with Gasteiger partial charge in [0, 0.05) is 0 Å². The van der Waals surface area contributed by atoms with Crippen LogP contribution >= 0.6 is 22.6 Å². The summed E-state index contributed by atoms with van der Waals surface area (Å²) < 4.78 is 34.7. The van der Waals surface area contributed by atoms with Gasteiger partial charge in [0.2, 0.25) is 0 Å². The largest absolute Gasteiger partial charge is 0.371 e. The number of nitrogens with one attached hydrogen (secondary N) is 1. The molecule has 0 rings (SSSR count). The van der Waals surface area contributed by atoms with Crippen molar-refractivity contribution in [3.05, 3.63) is 0 Å². The molecule has 0 aromatic rings. The fourth-order valence-electron chi connectivity index (χ4n) is 0.507. The molecule has 0 aromatic carbocycles. The third-order valence-corrected chi connectivity index (χ3v) is 4.38. The van der Waals surface area contributed by atoms with E-state index in [0.29, 0.717) is 0 Å². The van der Waals surface area contributed by atoms with Gasteiger partial charge in [0.05, 0.1) is 11.9 Å². The lowest BCUT2D eigenvalue weighted by Crippen LogP contribution is -2.25. The van der Waals surface area contributed by atoms with Crippen molar-refractivity contribution in [1.29, 1.82) is 0 Å². The average Bonchev–Trinajstić information content (AvgIpc) is 2.04. The lowest BCUT2D eigenvalue weighted by molar-refractivity contribution is -0.155. The molecule has 0 aliphatic carbocycles. The highest BCUT2D eigenvalue weighted by Gasteiger charge is 2.36. The summed E-state index contributed by atoms with van der Waals surface area (Å²) in [5.74, 6) is 0. The Bertz CT molecular complexity index is 207. The molecule has 1 atom stereocenters. The lowest BCUT2D eigenvalue weighted by Gasteiger charge is -2.24. The van der Waals surface area contributed by atoms with Crippen LogP contribution in [0.5, 0.6) is 0 Å². The maximum absolute atomic E-state index is 12.7. The maximum atomic E-state index is 12.7. The molecule has 1 unspecified atom stereocenters. The average molecular weight is 298 g/mol. The Morgan fingerprint density at radius 1 is 1.62 bits per heavy atom. The predicted molar refractivity (Wildman–Crippen MR) is 54.8 cm³/mol. The topological polar surface area (TPSA) is 30.5 Å². The van der Waals surface area contributed by atoms with Crippen molar-refractivity contribution in [1.82, 2.24) is 5.09 Å². The van der Waals surface area contributed by atoms with Gasteiger partial charge in [-0.05, 0) is 25.8 Å². The smallest absolute Gasteiger partial charge is 0.318 e. The zero-order chi connectivity index (χ0) is 10.5. The van der Waals surface area contributed by atoms with Gasteiger partial charge < -0.3 is 4.52 Å². The minimum absolute atomic E-state index is 0.233. The second-order valence-electron chi connectivity index (χ2n) is 2.00. The van der Waals surface area contributed by atoms with Crippen LogP contribution in [0.2, 0.25) is 0 Å². The van der Waals surface area contributed by atoms with Crippen LogP contribution in [0.15, 0.2) is 0 Å². The molecule has 0 aromatic heterocycles. The molecule has 0 saturated carbocycles. The van der Waals surface area contributed by atoms with Crippen LogP contribution in [0, 0.1) is 0 Å². The summed E-state index contributed by atoms with van der Waals surface area (Å²) >= 11 is 7.39. The quantitative estimate of drug-likeness (QED) is 0.603. The van der Waals surface area contributed by atoms with Crippen LogP contribution in [-0.2, 0) is 20.9 Å². The van der Waals surface area contributed by atoms with Gasteiger partial charge >= 0.3 is 6.11 Å². The maximum Gasteiger partial charge on any atom is 0.371 e. The van der Waals surface area contributed by atoms with Gasteiger partial charge in [-0.2, -0.15) is 8.78 Å². The van der Waals surface area contributed by atoms with Crippen LogP contribution in [0.4, 0.5) is 8.78 Å². The number of alkyl halides is 3. The summed E-state index contributed by atoms with van der Waals surface area (Å²) in [5, 5.41) is 1.85. The summed E-state index contributed by atoms with van der Waals surface area (Å²) in [6.45, 7) is -1.14. The van der Waals surface area contributed by atoms with Gasteiger partial charge in [-0.15, -0.1) is 0 Å². The van der Waals surface area contributed by atoms with Gasteiger partial charge in [-0.1, -0.05) is 15.9 Å². The van der Waals surface area contributed by atoms with E-state index in [-0.39, 0.29) is 6.61 Å². The number of halogens is 3. The second kappa shape index (κ2) is 5.68. The molecule has 8 heteroatoms. The van der Waals surface area contributed by atoms with Gasteiger partial charge in [0.15, 0.2) is 0 Å². The normalized spacial score (nSPS) is 17.0. The Kier molecular flexibility index (Phi) is 6.06. The van der Waals surface area contributed by atoms with E-state index in [1.165, 1.54) is 7.05 Å². The summed E-state index contributed by atoms with van der Waals surface area (Å²) in [7, 11) is 1.43. The van der Waals surface area contributed by atoms with E-state index in [4.69, 9.17) is 16.3 Å². The third kappa shape index (κ3) is 5.34. The molecule has 0 heterocycles. The molecule has 80 valence electrons. The van der Waals surface area contributed by atoms with Crippen molar-refractivity contribution in [2.45, 2.75) is 13.0 Å². The van der Waals surface area contributed by atoms with E-state index in [1.54, 1.807) is 6.92 Å². The molecule has 0 saturated heterocycles. The molecule has 0 radical (unpaired) electrons. The van der Waals surface area contributed by atoms with Crippen LogP contribution in [-0.4, -0.2) is 25.1 Å². The molecule has 0 aliphatic rings. The highest BCUT2D eigenvalue weighted by Crippen LogP contribution is 2.48. The van der Waals surface area contributed by atoms with Crippen molar-refractivity contribution in [2.24, 2.45) is 0 Å². The predicted octanol–water partition coefficient (Wildman–Crippen LogP) is 2.47. The first kappa shape index (κ1) is 13.9. The fourth-order valence-corrected chi connectivity index (χ4v) is 2.47. The fraction of sp³-hybridized carbons (Fsp3) is 1.00. The Morgan fingerprint density at radius 3 is 2.46 bits per heavy atom. The summed E-state index contributed by atoms with van der Waals surface area (Å²) in [6.07, 6.45) is -3.30. The van der Waals surface area contributed by atoms with E-state index >= 15 is 0 Å². The van der Waals surface area contributed by atoms with Gasteiger partial charge in [0.25, 0.3) is 6.64 Å². The Hall–Kier alpha value is 0.870. The zero-order valence-electron chi connectivity index (χ0n) is 7.22. The number of hydrogen-bond donors (Lipinski definition) is 1. The molecule has 0 amide bonds. The Balaban J connectivity index is 4.35. The number of rotatable bonds is 6. The number of hydrogen-bond acceptors (Lipinski definition) is 3. The van der Waals surface area contributed by atoms with Crippen molar-refractivity contribution in [3.63, 3.8) is 0 Å². The summed E-state index contributed by atoms with van der Waals surface area (Å²) in [5.41, 5.74) is 0. The highest BCUT2D eigenvalue weighted by atomic mass is 79.9. The molecule has 13 heavy (non-hydrogen) atoms. The highest BCUT2D eigenvalue weighted by molar-refractivity contribution is 9.09. The Morgan fingerprint density at radius 2 is 2.15 bits per heavy atom. The SMILES string of the molecule is CCOP(=S)(NC)OC(F)(F)CBr. The first-order chi connectivity index (χ1) is 5.89. The van der Waals surface area contributed by atoms with Crippen molar-refractivity contribution in [3.8, 4) is 0 Å². The van der Waals surface area contributed by atoms with E-state index in [2.05, 4.69) is 25.5 Å². The van der Waals surface area contributed by atoms with Crippen LogP contribution in [0.3, 0.4) is 0 Å². The van der Waals surface area contributed by atoms with Crippen molar-refractivity contribution in [2.75, 3.05) is 19.0 Å². The van der Waals surface area contributed by atoms with E-state index in [0.717, 1.165) is 0 Å². The lowest BCUT2D eigenvalue weighted by atomic mass is 10.8. The summed E-state index contributed by atoms with van der Waals surface area (Å²) in [4.78, 5) is 0. The molecule has 0 aliphatic heterocycles. The molecule has 3 nitrogen and oxygen atoms in total. The monoisotopic (exact) mass is 297 g/mol. The molecule has 0 spiro atoms. The molecule has 1 N–H and O–H groups in total. The molecule has 0 bridgehead atoms. The van der Waals surface area contributed by atoms with Crippen LogP contribution < -0.4 is 5.09 Å². The van der Waals surface area contributed by atoms with Crippen LogP contribution in [0.1, 0.15) is 6.92 Å². The molecular weight excluding hydrogens is 287 g/mol. The standard InChI is InChI=1S/C5H11BrF2NO2PS/c1-3-10-12(13,9-2)11-5(7,8)4-6/h3-4H2,1-2H3,(H,9,13). The molecular formula is C5H11BrF2NO2PS. The van der Waals surface area contributed by atoms with Crippen molar-refractivity contribution >= 4 is 34.4 Å². The van der Waals surface area contributed by atoms with Crippen LogP contribution in [0.25, 0.3) is 0 Å². The molecule has 0 fully saturated rings. The van der Waals surface area contributed by atoms with E-state index in [1.807, 2.05) is 0 Å². The zero-order valence-corrected chi connectivity index (χ0v) is 10.5. The summed E-state index contributed by atoms with van der Waals surface area (Å²) in [6, 6.07) is 0. The first-order valence-electron chi connectivity index (χ1n) is 3.47. The minimum atomic E-state index is -3.30. The van der Waals surface area contributed by atoms with Gasteiger partial charge in [-0.25, -0.2) is 5.09 Å². The Labute approximate surface area is 89.5 Å². The van der Waals surface area contributed by atoms with Gasteiger partial charge in [-0.3, -0.25) is 4.52 Å². The minimum Gasteiger partial charge on any atom is -0.318 e. The first-order valence-corrected chi connectivity index (χ1v) is 7.23. The third-order valence-electron chi connectivity index (χ3n) is 0.982. The van der Waals surface area contributed by atoms with E-state index in [9.17, 15) is 8.78 Å².